The third kappa shape index (κ3) is 4.61. The molecule has 0 radical (unpaired) electrons. The summed E-state index contributed by atoms with van der Waals surface area (Å²) in [5.41, 5.74) is 0. The fourth-order valence-corrected chi connectivity index (χ4v) is 3.73. The minimum atomic E-state index is -3.11. The van der Waals surface area contributed by atoms with Gasteiger partial charge in [-0.25, -0.2) is 12.7 Å². The highest BCUT2D eigenvalue weighted by atomic mass is 32.2. The lowest BCUT2D eigenvalue weighted by atomic mass is 9.92. The molecule has 1 N–H and O–H groups in total. The van der Waals surface area contributed by atoms with E-state index in [1.54, 1.807) is 6.26 Å². The van der Waals surface area contributed by atoms with Crippen LogP contribution < -0.4 is 0 Å². The van der Waals surface area contributed by atoms with Crippen LogP contribution in [0.3, 0.4) is 0 Å². The SMILES string of the molecule is CS(=O)(=O)N1CCCC(CC(O)CCc2ccco2)C1. The van der Waals surface area contributed by atoms with E-state index in [-0.39, 0.29) is 5.92 Å². The van der Waals surface area contributed by atoms with E-state index in [4.69, 9.17) is 4.42 Å². The highest BCUT2D eigenvalue weighted by molar-refractivity contribution is 7.88. The van der Waals surface area contributed by atoms with E-state index in [1.165, 1.54) is 10.6 Å². The van der Waals surface area contributed by atoms with Crippen molar-refractivity contribution >= 4 is 10.0 Å². The number of aryl methyl sites for hydroxylation is 1. The zero-order valence-electron chi connectivity index (χ0n) is 11.9. The number of furan rings is 1. The molecule has 0 aliphatic carbocycles. The van der Waals surface area contributed by atoms with E-state index in [9.17, 15) is 13.5 Å². The van der Waals surface area contributed by atoms with Crippen LogP contribution in [0.25, 0.3) is 0 Å². The standard InChI is InChI=1S/C14H23NO4S/c1-20(17,18)15-8-2-4-12(11-15)10-13(16)6-7-14-5-3-9-19-14/h3,5,9,12-13,16H,2,4,6-8,10-11H2,1H3. The molecule has 1 aliphatic rings. The summed E-state index contributed by atoms with van der Waals surface area (Å²) < 4.78 is 29.9. The van der Waals surface area contributed by atoms with Gasteiger partial charge in [0.05, 0.1) is 18.6 Å². The highest BCUT2D eigenvalue weighted by Crippen LogP contribution is 2.24. The third-order valence-electron chi connectivity index (χ3n) is 3.86. The van der Waals surface area contributed by atoms with Crippen molar-refractivity contribution in [1.29, 1.82) is 0 Å². The van der Waals surface area contributed by atoms with Crippen LogP contribution in [0, 0.1) is 5.92 Å². The number of rotatable bonds is 6. The van der Waals surface area contributed by atoms with Gasteiger partial charge in [0.15, 0.2) is 0 Å². The molecule has 2 unspecified atom stereocenters. The molecule has 5 nitrogen and oxygen atoms in total. The Morgan fingerprint density at radius 2 is 2.35 bits per heavy atom. The number of hydrogen-bond acceptors (Lipinski definition) is 4. The van der Waals surface area contributed by atoms with Gasteiger partial charge in [-0.1, -0.05) is 0 Å². The summed E-state index contributed by atoms with van der Waals surface area (Å²) in [7, 11) is -3.11. The summed E-state index contributed by atoms with van der Waals surface area (Å²) >= 11 is 0. The number of aliphatic hydroxyl groups excluding tert-OH is 1. The van der Waals surface area contributed by atoms with Crippen molar-refractivity contribution in [2.24, 2.45) is 5.92 Å². The van der Waals surface area contributed by atoms with Crippen molar-refractivity contribution in [1.82, 2.24) is 4.31 Å². The molecular weight excluding hydrogens is 278 g/mol. The highest BCUT2D eigenvalue weighted by Gasteiger charge is 2.27. The lowest BCUT2D eigenvalue weighted by molar-refractivity contribution is 0.113. The average Bonchev–Trinajstić information content (AvgIpc) is 2.89. The molecule has 0 spiro atoms. The molecule has 1 fully saturated rings. The van der Waals surface area contributed by atoms with Crippen LogP contribution >= 0.6 is 0 Å². The molecule has 2 rings (SSSR count). The van der Waals surface area contributed by atoms with Crippen LogP contribution in [0.2, 0.25) is 0 Å². The molecule has 6 heteroatoms. The topological polar surface area (TPSA) is 70.8 Å². The second-order valence-electron chi connectivity index (χ2n) is 5.64. The predicted molar refractivity (Wildman–Crippen MR) is 76.8 cm³/mol. The van der Waals surface area contributed by atoms with Crippen LogP contribution in [-0.4, -0.2) is 43.3 Å². The molecule has 2 atom stereocenters. The Labute approximate surface area is 120 Å². The van der Waals surface area contributed by atoms with Crippen molar-refractivity contribution in [2.75, 3.05) is 19.3 Å². The smallest absolute Gasteiger partial charge is 0.211 e. The zero-order valence-corrected chi connectivity index (χ0v) is 12.7. The Hall–Kier alpha value is -0.850. The van der Waals surface area contributed by atoms with E-state index < -0.39 is 16.1 Å². The van der Waals surface area contributed by atoms with Crippen molar-refractivity contribution in [3.63, 3.8) is 0 Å². The van der Waals surface area contributed by atoms with Gasteiger partial charge >= 0.3 is 0 Å². The molecule has 1 aromatic rings. The van der Waals surface area contributed by atoms with Gasteiger partial charge in [-0.15, -0.1) is 0 Å². The summed E-state index contributed by atoms with van der Waals surface area (Å²) in [6.45, 7) is 1.15. The minimum absolute atomic E-state index is 0.255. The van der Waals surface area contributed by atoms with E-state index in [0.29, 0.717) is 25.9 Å². The fourth-order valence-electron chi connectivity index (χ4n) is 2.79. The van der Waals surface area contributed by atoms with Gasteiger partial charge in [-0.2, -0.15) is 0 Å². The van der Waals surface area contributed by atoms with Gasteiger partial charge < -0.3 is 9.52 Å². The van der Waals surface area contributed by atoms with Gasteiger partial charge in [0.25, 0.3) is 0 Å². The maximum atomic E-state index is 11.5. The second-order valence-corrected chi connectivity index (χ2v) is 7.62. The van der Waals surface area contributed by atoms with E-state index in [2.05, 4.69) is 0 Å². The molecule has 1 aliphatic heterocycles. The number of aliphatic hydroxyl groups is 1. The molecule has 114 valence electrons. The molecule has 0 saturated carbocycles. The number of nitrogens with zero attached hydrogens (tertiary/aromatic N) is 1. The van der Waals surface area contributed by atoms with Crippen LogP contribution in [0.1, 0.15) is 31.4 Å². The fraction of sp³-hybridized carbons (Fsp3) is 0.714. The average molecular weight is 301 g/mol. The van der Waals surface area contributed by atoms with Gasteiger partial charge in [-0.05, 0) is 43.7 Å². The normalized spacial score (nSPS) is 22.8. The minimum Gasteiger partial charge on any atom is -0.469 e. The summed E-state index contributed by atoms with van der Waals surface area (Å²) in [5, 5.41) is 10.1. The molecule has 0 bridgehead atoms. The summed E-state index contributed by atoms with van der Waals surface area (Å²) in [6, 6.07) is 3.74. The molecule has 1 aromatic heterocycles. The lowest BCUT2D eigenvalue weighted by Gasteiger charge is -2.31. The van der Waals surface area contributed by atoms with Gasteiger partial charge in [0, 0.05) is 19.5 Å². The van der Waals surface area contributed by atoms with E-state index >= 15 is 0 Å². The Morgan fingerprint density at radius 1 is 1.55 bits per heavy atom. The largest absolute Gasteiger partial charge is 0.469 e. The first-order chi connectivity index (χ1) is 9.45. The first-order valence-corrected chi connectivity index (χ1v) is 8.95. The lowest BCUT2D eigenvalue weighted by Crippen LogP contribution is -2.40. The predicted octanol–water partition coefficient (Wildman–Crippen LogP) is 1.63. The van der Waals surface area contributed by atoms with Gasteiger partial charge in [-0.3, -0.25) is 0 Å². The monoisotopic (exact) mass is 301 g/mol. The Bertz CT molecular complexity index is 497. The zero-order chi connectivity index (χ0) is 14.6. The van der Waals surface area contributed by atoms with Crippen LogP contribution in [-0.2, 0) is 16.4 Å². The first-order valence-electron chi connectivity index (χ1n) is 7.10. The Balaban J connectivity index is 1.77. The Kier molecular flexibility index (Phi) is 5.23. The molecule has 1 saturated heterocycles. The second kappa shape index (κ2) is 6.74. The molecule has 0 amide bonds. The van der Waals surface area contributed by atoms with Crippen LogP contribution in [0.4, 0.5) is 0 Å². The number of piperidine rings is 1. The van der Waals surface area contributed by atoms with Crippen molar-refractivity contribution < 1.29 is 17.9 Å². The summed E-state index contributed by atoms with van der Waals surface area (Å²) in [6.07, 6.45) is 6.39. The van der Waals surface area contributed by atoms with E-state index in [1.807, 2.05) is 12.1 Å². The molecular formula is C14H23NO4S. The van der Waals surface area contributed by atoms with Crippen molar-refractivity contribution in [2.45, 2.75) is 38.2 Å². The van der Waals surface area contributed by atoms with Crippen molar-refractivity contribution in [3.8, 4) is 0 Å². The third-order valence-corrected chi connectivity index (χ3v) is 5.13. The first kappa shape index (κ1) is 15.5. The van der Waals surface area contributed by atoms with Crippen LogP contribution in [0.15, 0.2) is 22.8 Å². The maximum Gasteiger partial charge on any atom is 0.211 e. The maximum absolute atomic E-state index is 11.5. The number of sulfonamides is 1. The van der Waals surface area contributed by atoms with E-state index in [0.717, 1.165) is 25.0 Å². The van der Waals surface area contributed by atoms with Gasteiger partial charge in [0.1, 0.15) is 5.76 Å². The summed E-state index contributed by atoms with van der Waals surface area (Å²) in [4.78, 5) is 0. The Morgan fingerprint density at radius 3 is 3.00 bits per heavy atom. The molecule has 2 heterocycles. The van der Waals surface area contributed by atoms with Crippen molar-refractivity contribution in [3.05, 3.63) is 24.2 Å². The number of hydrogen-bond donors (Lipinski definition) is 1. The summed E-state index contributed by atoms with van der Waals surface area (Å²) in [5.74, 6) is 1.13. The quantitative estimate of drug-likeness (QED) is 0.867. The molecule has 0 aromatic carbocycles. The molecule has 20 heavy (non-hydrogen) atoms. The van der Waals surface area contributed by atoms with Crippen LogP contribution in [0.5, 0.6) is 0 Å². The van der Waals surface area contributed by atoms with Gasteiger partial charge in [0.2, 0.25) is 10.0 Å².